The molecule has 2 unspecified atom stereocenters. The smallest absolute Gasteiger partial charge is 0.261 e. The highest BCUT2D eigenvalue weighted by Crippen LogP contribution is 2.27. The number of nitrogens with one attached hydrogen (secondary N) is 1. The van der Waals surface area contributed by atoms with Gasteiger partial charge in [0.15, 0.2) is 15.9 Å². The fraction of sp³-hybridized carbons (Fsp3) is 0.292. The molecule has 158 valence electrons. The van der Waals surface area contributed by atoms with Gasteiger partial charge in [0.1, 0.15) is 5.75 Å². The summed E-state index contributed by atoms with van der Waals surface area (Å²) < 4.78 is 29.4. The molecule has 30 heavy (non-hydrogen) atoms. The summed E-state index contributed by atoms with van der Waals surface area (Å²) in [7, 11) is -3.25. The Labute approximate surface area is 178 Å². The third-order valence-corrected chi connectivity index (χ3v) is 6.25. The van der Waals surface area contributed by atoms with Gasteiger partial charge in [0.2, 0.25) is 0 Å². The number of ether oxygens (including phenoxy) is 1. The molecule has 6 heteroatoms. The van der Waals surface area contributed by atoms with Crippen LogP contribution in [0.5, 0.6) is 5.75 Å². The number of carbonyl (C=O) groups is 1. The van der Waals surface area contributed by atoms with E-state index in [1.807, 2.05) is 56.3 Å². The van der Waals surface area contributed by atoms with Crippen molar-refractivity contribution >= 4 is 26.5 Å². The number of benzene rings is 3. The quantitative estimate of drug-likeness (QED) is 0.569. The molecule has 0 aliphatic heterocycles. The van der Waals surface area contributed by atoms with Gasteiger partial charge in [-0.3, -0.25) is 4.79 Å². The Hall–Kier alpha value is -2.86. The number of rotatable bonds is 8. The predicted molar refractivity (Wildman–Crippen MR) is 119 cm³/mol. The van der Waals surface area contributed by atoms with E-state index < -0.39 is 15.9 Å². The largest absolute Gasteiger partial charge is 0.480 e. The molecule has 3 rings (SSSR count). The summed E-state index contributed by atoms with van der Waals surface area (Å²) in [5.41, 5.74) is 0.860. The van der Waals surface area contributed by atoms with Gasteiger partial charge in [-0.05, 0) is 42.0 Å². The van der Waals surface area contributed by atoms with Crippen molar-refractivity contribution in [2.75, 3.05) is 6.26 Å². The van der Waals surface area contributed by atoms with Gasteiger partial charge in [-0.1, -0.05) is 62.4 Å². The van der Waals surface area contributed by atoms with Crippen LogP contribution in [0.3, 0.4) is 0 Å². The molecule has 2 atom stereocenters. The van der Waals surface area contributed by atoms with Crippen molar-refractivity contribution in [3.8, 4) is 5.75 Å². The average Bonchev–Trinajstić information content (AvgIpc) is 2.75. The first kappa shape index (κ1) is 21.8. The highest BCUT2D eigenvalue weighted by molar-refractivity contribution is 7.90. The van der Waals surface area contributed by atoms with E-state index in [0.29, 0.717) is 18.6 Å². The van der Waals surface area contributed by atoms with E-state index >= 15 is 0 Å². The first-order valence-electron chi connectivity index (χ1n) is 10.1. The van der Waals surface area contributed by atoms with Gasteiger partial charge in [0.05, 0.1) is 10.9 Å². The molecule has 1 N–H and O–H groups in total. The minimum atomic E-state index is -3.25. The highest BCUT2D eigenvalue weighted by Gasteiger charge is 2.23. The summed E-state index contributed by atoms with van der Waals surface area (Å²) in [6.07, 6.45) is 1.75. The Morgan fingerprint density at radius 3 is 2.23 bits per heavy atom. The van der Waals surface area contributed by atoms with Crippen LogP contribution >= 0.6 is 0 Å². The molecular weight excluding hydrogens is 398 g/mol. The van der Waals surface area contributed by atoms with Crippen molar-refractivity contribution in [1.29, 1.82) is 0 Å². The fourth-order valence-electron chi connectivity index (χ4n) is 3.41. The summed E-state index contributed by atoms with van der Waals surface area (Å²) >= 11 is 0. The molecule has 0 aliphatic carbocycles. The molecule has 3 aromatic rings. The van der Waals surface area contributed by atoms with E-state index in [4.69, 9.17) is 4.74 Å². The third-order valence-electron chi connectivity index (χ3n) is 5.12. The second-order valence-electron chi connectivity index (χ2n) is 7.30. The zero-order valence-corrected chi connectivity index (χ0v) is 18.3. The number of hydrogen-bond acceptors (Lipinski definition) is 4. The molecule has 0 saturated carbocycles. The van der Waals surface area contributed by atoms with Crippen LogP contribution in [0, 0.1) is 0 Å². The van der Waals surface area contributed by atoms with Crippen LogP contribution in [-0.4, -0.2) is 26.7 Å². The third kappa shape index (κ3) is 5.00. The van der Waals surface area contributed by atoms with Crippen molar-refractivity contribution < 1.29 is 17.9 Å². The lowest BCUT2D eigenvalue weighted by Gasteiger charge is -2.23. The van der Waals surface area contributed by atoms with E-state index in [1.165, 1.54) is 6.26 Å². The Morgan fingerprint density at radius 2 is 1.60 bits per heavy atom. The summed E-state index contributed by atoms with van der Waals surface area (Å²) in [6, 6.07) is 20.1. The SMILES string of the molecule is CCC(Oc1cccc2ccccc12)C(=O)NC(CC)c1ccc(S(C)(=O)=O)cc1. The zero-order valence-electron chi connectivity index (χ0n) is 17.5. The number of hydrogen-bond donors (Lipinski definition) is 1. The van der Waals surface area contributed by atoms with Gasteiger partial charge in [0.25, 0.3) is 5.91 Å². The second kappa shape index (κ2) is 9.30. The monoisotopic (exact) mass is 425 g/mol. The van der Waals surface area contributed by atoms with Crippen molar-refractivity contribution in [3.63, 3.8) is 0 Å². The van der Waals surface area contributed by atoms with Crippen LogP contribution in [-0.2, 0) is 14.6 Å². The molecule has 1 amide bonds. The van der Waals surface area contributed by atoms with Crippen molar-refractivity contribution in [2.45, 2.75) is 43.7 Å². The summed E-state index contributed by atoms with van der Waals surface area (Å²) in [5, 5.41) is 5.07. The number of carbonyl (C=O) groups excluding carboxylic acids is 1. The Kier molecular flexibility index (Phi) is 6.77. The Bertz CT molecular complexity index is 1120. The van der Waals surface area contributed by atoms with Crippen molar-refractivity contribution in [3.05, 3.63) is 72.3 Å². The zero-order chi connectivity index (χ0) is 21.7. The van der Waals surface area contributed by atoms with Gasteiger partial charge in [-0.2, -0.15) is 0 Å². The lowest BCUT2D eigenvalue weighted by atomic mass is 10.0. The molecule has 0 saturated heterocycles. The molecule has 0 heterocycles. The molecule has 0 radical (unpaired) electrons. The van der Waals surface area contributed by atoms with Gasteiger partial charge < -0.3 is 10.1 Å². The highest BCUT2D eigenvalue weighted by atomic mass is 32.2. The maximum Gasteiger partial charge on any atom is 0.261 e. The van der Waals surface area contributed by atoms with Crippen LogP contribution < -0.4 is 10.1 Å². The van der Waals surface area contributed by atoms with E-state index in [2.05, 4.69) is 5.32 Å². The van der Waals surface area contributed by atoms with Gasteiger partial charge in [-0.25, -0.2) is 8.42 Å². The maximum atomic E-state index is 13.0. The Morgan fingerprint density at radius 1 is 0.933 bits per heavy atom. The normalized spacial score (nSPS) is 13.6. The van der Waals surface area contributed by atoms with Crippen LogP contribution in [0.1, 0.15) is 38.3 Å². The van der Waals surface area contributed by atoms with Crippen molar-refractivity contribution in [2.24, 2.45) is 0 Å². The second-order valence-corrected chi connectivity index (χ2v) is 9.32. The van der Waals surface area contributed by atoms with Crippen molar-refractivity contribution in [1.82, 2.24) is 5.32 Å². The molecule has 0 aromatic heterocycles. The number of sulfone groups is 1. The van der Waals surface area contributed by atoms with E-state index in [-0.39, 0.29) is 16.8 Å². The molecule has 5 nitrogen and oxygen atoms in total. The van der Waals surface area contributed by atoms with E-state index in [9.17, 15) is 13.2 Å². The van der Waals surface area contributed by atoms with Crippen LogP contribution in [0.2, 0.25) is 0 Å². The molecular formula is C24H27NO4S. The first-order chi connectivity index (χ1) is 14.3. The number of amides is 1. The summed E-state index contributed by atoms with van der Waals surface area (Å²) in [6.45, 7) is 3.89. The first-order valence-corrected chi connectivity index (χ1v) is 12.0. The van der Waals surface area contributed by atoms with E-state index in [0.717, 1.165) is 16.3 Å². The van der Waals surface area contributed by atoms with Crippen LogP contribution in [0.15, 0.2) is 71.6 Å². The van der Waals surface area contributed by atoms with E-state index in [1.54, 1.807) is 24.3 Å². The minimum absolute atomic E-state index is 0.190. The molecule has 0 fully saturated rings. The summed E-state index contributed by atoms with van der Waals surface area (Å²) in [5.74, 6) is 0.491. The van der Waals surface area contributed by atoms with Crippen LogP contribution in [0.4, 0.5) is 0 Å². The molecule has 3 aromatic carbocycles. The molecule has 0 aliphatic rings. The lowest BCUT2D eigenvalue weighted by molar-refractivity contribution is -0.128. The van der Waals surface area contributed by atoms with Gasteiger partial charge in [-0.15, -0.1) is 0 Å². The maximum absolute atomic E-state index is 13.0. The predicted octanol–water partition coefficient (Wildman–Crippen LogP) is 4.67. The van der Waals surface area contributed by atoms with Gasteiger partial charge >= 0.3 is 0 Å². The summed E-state index contributed by atoms with van der Waals surface area (Å²) in [4.78, 5) is 13.2. The molecule has 0 spiro atoms. The number of fused-ring (bicyclic) bond motifs is 1. The van der Waals surface area contributed by atoms with Crippen LogP contribution in [0.25, 0.3) is 10.8 Å². The fourth-order valence-corrected chi connectivity index (χ4v) is 4.04. The Balaban J connectivity index is 1.76. The molecule has 0 bridgehead atoms. The van der Waals surface area contributed by atoms with Gasteiger partial charge in [0, 0.05) is 11.6 Å². The lowest BCUT2D eigenvalue weighted by Crippen LogP contribution is -2.40. The average molecular weight is 426 g/mol. The topological polar surface area (TPSA) is 72.5 Å². The minimum Gasteiger partial charge on any atom is -0.480 e. The standard InChI is InChI=1S/C24H27NO4S/c1-4-21(18-13-15-19(16-14-18)30(3,27)28)25-24(26)22(5-2)29-23-12-8-10-17-9-6-7-11-20(17)23/h6-16,21-22H,4-5H2,1-3H3,(H,25,26).